The Balaban J connectivity index is 1.97. The minimum Gasteiger partial charge on any atom is -0.444 e. The van der Waals surface area contributed by atoms with Crippen LogP contribution in [0.2, 0.25) is 0 Å². The fourth-order valence-electron chi connectivity index (χ4n) is 3.23. The number of ether oxygens (including phenoxy) is 1. The third kappa shape index (κ3) is 7.37. The number of aromatic nitrogens is 1. The van der Waals surface area contributed by atoms with Gasteiger partial charge < -0.3 is 20.7 Å². The first-order valence-electron chi connectivity index (χ1n) is 10.1. The van der Waals surface area contributed by atoms with Gasteiger partial charge in [0.15, 0.2) is 0 Å². The molecule has 0 spiro atoms. The number of nitrogen functional groups attached to an aromatic ring is 1. The summed E-state index contributed by atoms with van der Waals surface area (Å²) >= 11 is 0. The van der Waals surface area contributed by atoms with E-state index in [1.54, 1.807) is 6.20 Å². The van der Waals surface area contributed by atoms with Crippen LogP contribution in [0.3, 0.4) is 0 Å². The number of hydrogen-bond donors (Lipinski definition) is 2. The summed E-state index contributed by atoms with van der Waals surface area (Å²) in [4.78, 5) is 31.4. The second-order valence-electron chi connectivity index (χ2n) is 8.68. The van der Waals surface area contributed by atoms with E-state index in [0.717, 1.165) is 44.5 Å². The van der Waals surface area contributed by atoms with Crippen molar-refractivity contribution in [2.75, 3.05) is 18.8 Å². The van der Waals surface area contributed by atoms with E-state index < -0.39 is 17.7 Å². The zero-order valence-corrected chi connectivity index (χ0v) is 17.5. The van der Waals surface area contributed by atoms with Gasteiger partial charge in [-0.05, 0) is 70.9 Å². The van der Waals surface area contributed by atoms with Gasteiger partial charge in [0.2, 0.25) is 5.91 Å². The number of aryl methyl sites for hydroxylation is 1. The van der Waals surface area contributed by atoms with Crippen LogP contribution >= 0.6 is 0 Å². The van der Waals surface area contributed by atoms with Crippen molar-refractivity contribution in [3.63, 3.8) is 0 Å². The number of likely N-dealkylation sites (tertiary alicyclic amines) is 1. The van der Waals surface area contributed by atoms with E-state index in [9.17, 15) is 9.59 Å². The van der Waals surface area contributed by atoms with Gasteiger partial charge in [0.05, 0.1) is 11.9 Å². The third-order valence-electron chi connectivity index (χ3n) is 4.86. The van der Waals surface area contributed by atoms with Gasteiger partial charge >= 0.3 is 6.09 Å². The summed E-state index contributed by atoms with van der Waals surface area (Å²) in [5, 5.41) is 2.78. The van der Waals surface area contributed by atoms with Crippen LogP contribution in [0.4, 0.5) is 10.5 Å². The highest BCUT2D eigenvalue weighted by Crippen LogP contribution is 2.18. The molecule has 0 radical (unpaired) electrons. The standard InChI is InChI=1S/C21H34N4O3/c1-15-10-12-25(13-11-15)19(26)18(24-20(27)28-21(2,3)4)7-5-6-17-9-8-16(22)14-23-17/h8-9,14-15,18H,5-7,10-13,22H2,1-4H3,(H,24,27). The van der Waals surface area contributed by atoms with Gasteiger partial charge in [0.25, 0.3) is 0 Å². The molecule has 1 saturated heterocycles. The minimum absolute atomic E-state index is 0.0250. The Kier molecular flexibility index (Phi) is 7.66. The highest BCUT2D eigenvalue weighted by Gasteiger charge is 2.29. The molecule has 1 aliphatic rings. The van der Waals surface area contributed by atoms with E-state index in [0.29, 0.717) is 18.0 Å². The number of rotatable bonds is 6. The molecule has 1 atom stereocenters. The first-order valence-corrected chi connectivity index (χ1v) is 10.1. The molecule has 0 aliphatic carbocycles. The Labute approximate surface area is 168 Å². The number of carbonyl (C=O) groups is 2. The highest BCUT2D eigenvalue weighted by molar-refractivity contribution is 5.85. The normalized spacial score (nSPS) is 16.5. The topological polar surface area (TPSA) is 97.5 Å². The summed E-state index contributed by atoms with van der Waals surface area (Å²) in [6.45, 7) is 9.11. The molecule has 1 unspecified atom stereocenters. The monoisotopic (exact) mass is 390 g/mol. The quantitative estimate of drug-likeness (QED) is 0.778. The van der Waals surface area contributed by atoms with Gasteiger partial charge in [-0.15, -0.1) is 0 Å². The van der Waals surface area contributed by atoms with Crippen molar-refractivity contribution >= 4 is 17.7 Å². The molecule has 2 rings (SSSR count). The number of pyridine rings is 1. The number of piperidine rings is 1. The molecule has 1 aromatic rings. The summed E-state index contributed by atoms with van der Waals surface area (Å²) in [6, 6.07) is 3.12. The molecule has 7 nitrogen and oxygen atoms in total. The maximum atomic E-state index is 13.0. The van der Waals surface area contributed by atoms with Crippen molar-refractivity contribution in [2.24, 2.45) is 5.92 Å². The van der Waals surface area contributed by atoms with Crippen LogP contribution in [0.25, 0.3) is 0 Å². The predicted octanol–water partition coefficient (Wildman–Crippen LogP) is 3.14. The lowest BCUT2D eigenvalue weighted by molar-refractivity contribution is -0.135. The zero-order valence-electron chi connectivity index (χ0n) is 17.5. The van der Waals surface area contributed by atoms with E-state index in [2.05, 4.69) is 17.2 Å². The van der Waals surface area contributed by atoms with Crippen molar-refractivity contribution < 1.29 is 14.3 Å². The molecule has 0 saturated carbocycles. The van der Waals surface area contributed by atoms with Crippen molar-refractivity contribution in [2.45, 2.75) is 71.4 Å². The van der Waals surface area contributed by atoms with Gasteiger partial charge in [-0.1, -0.05) is 6.92 Å². The number of alkyl carbamates (subject to hydrolysis) is 1. The van der Waals surface area contributed by atoms with Crippen LogP contribution in [0, 0.1) is 5.92 Å². The molecule has 1 aromatic heterocycles. The maximum Gasteiger partial charge on any atom is 0.408 e. The van der Waals surface area contributed by atoms with Gasteiger partial charge in [-0.25, -0.2) is 4.79 Å². The van der Waals surface area contributed by atoms with Crippen LogP contribution in [0.1, 0.15) is 59.1 Å². The molecular weight excluding hydrogens is 356 g/mol. The van der Waals surface area contributed by atoms with Crippen molar-refractivity contribution in [3.05, 3.63) is 24.0 Å². The SMILES string of the molecule is CC1CCN(C(=O)C(CCCc2ccc(N)cn2)NC(=O)OC(C)(C)C)CC1. The van der Waals surface area contributed by atoms with E-state index >= 15 is 0 Å². The fourth-order valence-corrected chi connectivity index (χ4v) is 3.23. The van der Waals surface area contributed by atoms with Gasteiger partial charge in [-0.3, -0.25) is 9.78 Å². The molecular formula is C21H34N4O3. The molecule has 28 heavy (non-hydrogen) atoms. The Bertz CT molecular complexity index is 647. The summed E-state index contributed by atoms with van der Waals surface area (Å²) < 4.78 is 5.35. The lowest BCUT2D eigenvalue weighted by Gasteiger charge is -2.33. The predicted molar refractivity (Wildman–Crippen MR) is 110 cm³/mol. The number of nitrogens with two attached hydrogens (primary N) is 1. The van der Waals surface area contributed by atoms with E-state index in [-0.39, 0.29) is 5.91 Å². The van der Waals surface area contributed by atoms with E-state index in [1.165, 1.54) is 0 Å². The summed E-state index contributed by atoms with van der Waals surface area (Å²) in [6.07, 6.45) is 5.06. The van der Waals surface area contributed by atoms with Gasteiger partial charge in [0, 0.05) is 18.8 Å². The molecule has 156 valence electrons. The van der Waals surface area contributed by atoms with Gasteiger partial charge in [0.1, 0.15) is 11.6 Å². The van der Waals surface area contributed by atoms with Crippen LogP contribution < -0.4 is 11.1 Å². The molecule has 2 heterocycles. The second kappa shape index (κ2) is 9.75. The lowest BCUT2D eigenvalue weighted by Crippen LogP contribution is -2.51. The third-order valence-corrected chi connectivity index (χ3v) is 4.86. The fraction of sp³-hybridized carbons (Fsp3) is 0.667. The lowest BCUT2D eigenvalue weighted by atomic mass is 9.98. The van der Waals surface area contributed by atoms with E-state index in [1.807, 2.05) is 37.8 Å². The maximum absolute atomic E-state index is 13.0. The Morgan fingerprint density at radius 3 is 2.57 bits per heavy atom. The number of hydrogen-bond acceptors (Lipinski definition) is 5. The summed E-state index contributed by atoms with van der Waals surface area (Å²) in [5.41, 5.74) is 6.61. The number of nitrogens with zero attached hydrogens (tertiary/aromatic N) is 2. The zero-order chi connectivity index (χ0) is 20.7. The van der Waals surface area contributed by atoms with Crippen LogP contribution in [-0.2, 0) is 16.0 Å². The molecule has 0 bridgehead atoms. The number of nitrogens with one attached hydrogen (secondary N) is 1. The highest BCUT2D eigenvalue weighted by atomic mass is 16.6. The minimum atomic E-state index is -0.605. The van der Waals surface area contributed by atoms with Crippen LogP contribution in [-0.4, -0.2) is 46.6 Å². The first-order chi connectivity index (χ1) is 13.1. The molecule has 7 heteroatoms. The number of anilines is 1. The van der Waals surface area contributed by atoms with Crippen LogP contribution in [0.5, 0.6) is 0 Å². The number of carbonyl (C=O) groups excluding carboxylic acids is 2. The Morgan fingerprint density at radius 1 is 1.32 bits per heavy atom. The molecule has 3 N–H and O–H groups in total. The van der Waals surface area contributed by atoms with Crippen molar-refractivity contribution in [1.29, 1.82) is 0 Å². The van der Waals surface area contributed by atoms with Crippen molar-refractivity contribution in [1.82, 2.24) is 15.2 Å². The molecule has 1 fully saturated rings. The second-order valence-corrected chi connectivity index (χ2v) is 8.68. The van der Waals surface area contributed by atoms with E-state index in [4.69, 9.17) is 10.5 Å². The summed E-state index contributed by atoms with van der Waals surface area (Å²) in [5.74, 6) is 0.612. The smallest absolute Gasteiger partial charge is 0.408 e. The largest absolute Gasteiger partial charge is 0.444 e. The molecule has 0 aromatic carbocycles. The molecule has 2 amide bonds. The van der Waals surface area contributed by atoms with Crippen LogP contribution in [0.15, 0.2) is 18.3 Å². The number of amides is 2. The Hall–Kier alpha value is -2.31. The Morgan fingerprint density at radius 2 is 2.00 bits per heavy atom. The molecule has 1 aliphatic heterocycles. The van der Waals surface area contributed by atoms with Gasteiger partial charge in [-0.2, -0.15) is 0 Å². The summed E-state index contributed by atoms with van der Waals surface area (Å²) in [7, 11) is 0. The van der Waals surface area contributed by atoms with Crippen molar-refractivity contribution in [3.8, 4) is 0 Å². The first kappa shape index (κ1) is 22.0. The average Bonchev–Trinajstić information content (AvgIpc) is 2.61. The average molecular weight is 391 g/mol.